The molecule has 1 saturated heterocycles. The van der Waals surface area contributed by atoms with Crippen LogP contribution in [0.25, 0.3) is 11.1 Å². The highest BCUT2D eigenvalue weighted by atomic mass is 35.5. The van der Waals surface area contributed by atoms with E-state index in [9.17, 15) is 4.79 Å². The minimum atomic E-state index is 0.123. The van der Waals surface area contributed by atoms with Crippen LogP contribution in [0.2, 0.25) is 5.02 Å². The molecule has 1 saturated carbocycles. The van der Waals surface area contributed by atoms with Crippen LogP contribution >= 0.6 is 11.6 Å². The van der Waals surface area contributed by atoms with E-state index < -0.39 is 0 Å². The van der Waals surface area contributed by atoms with Crippen molar-refractivity contribution in [2.24, 2.45) is 11.3 Å². The average molecular weight is 689 g/mol. The number of carbonyl (C=O) groups excluding carboxylic acids is 1. The number of pyridine rings is 1. The summed E-state index contributed by atoms with van der Waals surface area (Å²) in [5, 5.41) is 18.6. The Morgan fingerprint density at radius 3 is 2.40 bits per heavy atom. The molecule has 9 heteroatoms. The lowest BCUT2D eigenvalue weighted by molar-refractivity contribution is 0.00611. The van der Waals surface area contributed by atoms with Crippen molar-refractivity contribution in [1.82, 2.24) is 9.88 Å². The predicted octanol–water partition coefficient (Wildman–Crippen LogP) is 8.65. The van der Waals surface area contributed by atoms with Gasteiger partial charge in [0.05, 0.1) is 28.8 Å². The summed E-state index contributed by atoms with van der Waals surface area (Å²) in [5.41, 5.74) is 7.26. The molecule has 1 aromatic heterocycles. The van der Waals surface area contributed by atoms with Gasteiger partial charge < -0.3 is 19.1 Å². The average Bonchev–Trinajstić information content (AvgIpc) is 3.12. The van der Waals surface area contributed by atoms with Crippen LogP contribution in [-0.2, 0) is 13.2 Å². The van der Waals surface area contributed by atoms with Gasteiger partial charge in [-0.15, -0.1) is 0 Å². The van der Waals surface area contributed by atoms with Gasteiger partial charge in [0.1, 0.15) is 36.5 Å². The van der Waals surface area contributed by atoms with Crippen LogP contribution in [0.5, 0.6) is 17.2 Å². The van der Waals surface area contributed by atoms with Crippen molar-refractivity contribution in [3.63, 3.8) is 0 Å². The van der Waals surface area contributed by atoms with Crippen molar-refractivity contribution < 1.29 is 19.0 Å². The van der Waals surface area contributed by atoms with Crippen LogP contribution in [0.15, 0.2) is 67.0 Å². The maximum absolute atomic E-state index is 11.8. The van der Waals surface area contributed by atoms with E-state index in [2.05, 4.69) is 48.0 Å². The predicted molar refractivity (Wildman–Crippen MR) is 192 cm³/mol. The first-order valence-corrected chi connectivity index (χ1v) is 17.5. The zero-order valence-corrected chi connectivity index (χ0v) is 29.3. The SMILES string of the molecule is Cc1c(COc2cc(OCc3cncc(C#N)c3)c(C=O)cc2Cl)cccc1-c1cccc(OCCCN2CCC3(CC2)CC(C#N)C3)c1C. The smallest absolute Gasteiger partial charge is 0.153 e. The van der Waals surface area contributed by atoms with Gasteiger partial charge in [0.25, 0.3) is 0 Å². The first kappa shape index (κ1) is 35.0. The molecule has 0 bridgehead atoms. The summed E-state index contributed by atoms with van der Waals surface area (Å²) in [6.45, 7) is 8.50. The van der Waals surface area contributed by atoms with Crippen molar-refractivity contribution in [2.45, 2.75) is 59.2 Å². The van der Waals surface area contributed by atoms with Gasteiger partial charge in [-0.1, -0.05) is 41.9 Å². The van der Waals surface area contributed by atoms with Crippen molar-refractivity contribution in [2.75, 3.05) is 26.2 Å². The second-order valence-electron chi connectivity index (χ2n) is 13.5. The Hall–Kier alpha value is -4.89. The van der Waals surface area contributed by atoms with Crippen LogP contribution in [-0.4, -0.2) is 42.4 Å². The normalized spacial score (nSPS) is 15.5. The molecule has 6 rings (SSSR count). The maximum Gasteiger partial charge on any atom is 0.153 e. The molecule has 2 heterocycles. The molecule has 0 N–H and O–H groups in total. The molecule has 0 atom stereocenters. The molecule has 1 spiro atoms. The lowest BCUT2D eigenvalue weighted by Crippen LogP contribution is -2.47. The fourth-order valence-electron chi connectivity index (χ4n) is 7.22. The third-order valence-electron chi connectivity index (χ3n) is 10.2. The Kier molecular flexibility index (Phi) is 11.0. The Bertz CT molecular complexity index is 1930. The molecule has 1 aliphatic carbocycles. The van der Waals surface area contributed by atoms with E-state index in [0.717, 1.165) is 72.5 Å². The first-order chi connectivity index (χ1) is 24.3. The van der Waals surface area contributed by atoms with Crippen LogP contribution in [0.4, 0.5) is 0 Å². The third kappa shape index (κ3) is 7.94. The number of benzene rings is 3. The largest absolute Gasteiger partial charge is 0.493 e. The number of hydrogen-bond donors (Lipinski definition) is 0. The molecular formula is C41H41ClN4O4. The zero-order chi connectivity index (χ0) is 35.1. The number of aldehydes is 1. The van der Waals surface area contributed by atoms with Crippen LogP contribution in [0, 0.1) is 47.8 Å². The van der Waals surface area contributed by atoms with Gasteiger partial charge in [0, 0.05) is 36.5 Å². The third-order valence-corrected chi connectivity index (χ3v) is 10.5. The Labute approximate surface area is 299 Å². The first-order valence-electron chi connectivity index (χ1n) is 17.1. The summed E-state index contributed by atoms with van der Waals surface area (Å²) in [4.78, 5) is 18.4. The molecule has 8 nitrogen and oxygen atoms in total. The van der Waals surface area contributed by atoms with E-state index in [-0.39, 0.29) is 19.1 Å². The second kappa shape index (κ2) is 15.8. The highest BCUT2D eigenvalue weighted by Gasteiger charge is 2.45. The van der Waals surface area contributed by atoms with Crippen LogP contribution in [0.1, 0.15) is 70.3 Å². The molecule has 0 unspecified atom stereocenters. The van der Waals surface area contributed by atoms with E-state index in [1.165, 1.54) is 25.1 Å². The lowest BCUT2D eigenvalue weighted by Gasteiger charge is -2.50. The van der Waals surface area contributed by atoms with Crippen LogP contribution < -0.4 is 14.2 Å². The fourth-order valence-corrected chi connectivity index (χ4v) is 7.45. The van der Waals surface area contributed by atoms with Gasteiger partial charge in [-0.05, 0) is 110 Å². The number of nitrogens with zero attached hydrogens (tertiary/aromatic N) is 4. The summed E-state index contributed by atoms with van der Waals surface area (Å²) >= 11 is 6.52. The number of rotatable bonds is 13. The van der Waals surface area contributed by atoms with Crippen molar-refractivity contribution in [1.29, 1.82) is 10.5 Å². The minimum absolute atomic E-state index is 0.123. The van der Waals surface area contributed by atoms with Crippen molar-refractivity contribution in [3.8, 4) is 40.5 Å². The van der Waals surface area contributed by atoms with E-state index in [1.54, 1.807) is 18.3 Å². The van der Waals surface area contributed by atoms with E-state index in [0.29, 0.717) is 51.5 Å². The summed E-state index contributed by atoms with van der Waals surface area (Å²) < 4.78 is 18.4. The molecular weight excluding hydrogens is 648 g/mol. The molecule has 50 heavy (non-hydrogen) atoms. The molecule has 0 radical (unpaired) electrons. The molecule has 2 aliphatic rings. The zero-order valence-electron chi connectivity index (χ0n) is 28.6. The summed E-state index contributed by atoms with van der Waals surface area (Å²) in [5.74, 6) is 1.89. The Morgan fingerprint density at radius 2 is 1.66 bits per heavy atom. The topological polar surface area (TPSA) is 108 Å². The number of aromatic nitrogens is 1. The Morgan fingerprint density at radius 1 is 0.920 bits per heavy atom. The van der Waals surface area contributed by atoms with E-state index >= 15 is 0 Å². The summed E-state index contributed by atoms with van der Waals surface area (Å²) in [6.07, 6.45) is 9.36. The highest BCUT2D eigenvalue weighted by molar-refractivity contribution is 6.32. The second-order valence-corrected chi connectivity index (χ2v) is 13.9. The number of nitriles is 2. The maximum atomic E-state index is 11.8. The van der Waals surface area contributed by atoms with E-state index in [4.69, 9.17) is 36.3 Å². The van der Waals surface area contributed by atoms with E-state index in [1.807, 2.05) is 24.3 Å². The molecule has 2 fully saturated rings. The Balaban J connectivity index is 1.06. The fraction of sp³-hybridized carbons (Fsp3) is 0.366. The van der Waals surface area contributed by atoms with Gasteiger partial charge >= 0.3 is 0 Å². The molecule has 0 amide bonds. The minimum Gasteiger partial charge on any atom is -0.493 e. The van der Waals surface area contributed by atoms with Gasteiger partial charge in [-0.3, -0.25) is 9.78 Å². The number of piperidine rings is 1. The molecule has 1 aliphatic heterocycles. The van der Waals surface area contributed by atoms with Gasteiger partial charge in [-0.2, -0.15) is 10.5 Å². The molecule has 3 aromatic carbocycles. The standard InChI is InChI=1S/C41H41ClN4O4/c1-28-33(27-50-40-18-39(34(25-47)17-37(40)42)49-26-31-16-30(21-43)23-45-24-31)6-3-7-35(28)36-8-4-9-38(29(36)2)48-15-5-12-46-13-10-41(11-14-46)19-32(20-41)22-44/h3-4,6-9,16-18,23-25,32H,5,10-15,19-20,26-27H2,1-2H3. The molecule has 4 aromatic rings. The van der Waals surface area contributed by atoms with Crippen molar-refractivity contribution >= 4 is 17.9 Å². The number of carbonyl (C=O) groups is 1. The van der Waals surface area contributed by atoms with Gasteiger partial charge in [0.2, 0.25) is 0 Å². The number of halogens is 1. The monoisotopic (exact) mass is 688 g/mol. The molecule has 256 valence electrons. The van der Waals surface area contributed by atoms with Gasteiger partial charge in [0.15, 0.2) is 6.29 Å². The number of ether oxygens (including phenoxy) is 3. The quantitative estimate of drug-likeness (QED) is 0.101. The summed E-state index contributed by atoms with van der Waals surface area (Å²) in [7, 11) is 0. The lowest BCUT2D eigenvalue weighted by atomic mass is 9.58. The van der Waals surface area contributed by atoms with Crippen LogP contribution in [0.3, 0.4) is 0 Å². The highest BCUT2D eigenvalue weighted by Crippen LogP contribution is 2.52. The number of hydrogen-bond acceptors (Lipinski definition) is 8. The summed E-state index contributed by atoms with van der Waals surface area (Å²) in [6, 6.07) is 21.7. The van der Waals surface area contributed by atoms with Gasteiger partial charge in [-0.25, -0.2) is 0 Å². The van der Waals surface area contributed by atoms with Crippen molar-refractivity contribution in [3.05, 3.63) is 105 Å². The number of likely N-dealkylation sites (tertiary alicyclic amines) is 1.